The zero-order chi connectivity index (χ0) is 14.7. The summed E-state index contributed by atoms with van der Waals surface area (Å²) in [7, 11) is 1.95. The van der Waals surface area contributed by atoms with Crippen LogP contribution in [0.25, 0.3) is 0 Å². The maximum absolute atomic E-state index is 4.78. The molecule has 0 fully saturated rings. The lowest BCUT2D eigenvalue weighted by Gasteiger charge is -2.18. The molecule has 0 N–H and O–H groups in total. The second-order valence-corrected chi connectivity index (χ2v) is 5.02. The summed E-state index contributed by atoms with van der Waals surface area (Å²) in [6, 6.07) is 18.3. The molecule has 0 aliphatic carbocycles. The molecule has 0 bridgehead atoms. The van der Waals surface area contributed by atoms with E-state index in [0.717, 1.165) is 17.1 Å². The summed E-state index contributed by atoms with van der Waals surface area (Å²) in [5.74, 6) is 0.863. The van der Waals surface area contributed by atoms with E-state index in [1.54, 1.807) is 0 Å². The third-order valence-electron chi connectivity index (χ3n) is 3.23. The van der Waals surface area contributed by atoms with Crippen molar-refractivity contribution in [2.24, 2.45) is 4.99 Å². The molecule has 0 atom stereocenters. The van der Waals surface area contributed by atoms with Gasteiger partial charge in [0.2, 0.25) is 6.67 Å². The van der Waals surface area contributed by atoms with Gasteiger partial charge in [0.05, 0.1) is 5.69 Å². The number of aliphatic imine (C=N–C) groups is 1. The van der Waals surface area contributed by atoms with Crippen molar-refractivity contribution in [2.45, 2.75) is 6.92 Å². The highest BCUT2D eigenvalue weighted by Gasteiger charge is 2.18. The van der Waals surface area contributed by atoms with E-state index in [1.807, 2.05) is 59.6 Å². The van der Waals surface area contributed by atoms with Crippen LogP contribution in [0.5, 0.6) is 0 Å². The predicted octanol–water partition coefficient (Wildman–Crippen LogP) is 3.79. The molecule has 21 heavy (non-hydrogen) atoms. The van der Waals surface area contributed by atoms with Crippen LogP contribution >= 0.6 is 0 Å². The van der Waals surface area contributed by atoms with Gasteiger partial charge in [-0.2, -0.15) is 0 Å². The van der Waals surface area contributed by atoms with Gasteiger partial charge in [0.25, 0.3) is 0 Å². The number of benzene rings is 2. The second kappa shape index (κ2) is 5.83. The molecule has 1 heterocycles. The van der Waals surface area contributed by atoms with Crippen molar-refractivity contribution in [1.82, 2.24) is 9.80 Å². The van der Waals surface area contributed by atoms with Crippen LogP contribution in [0.2, 0.25) is 0 Å². The summed E-state index contributed by atoms with van der Waals surface area (Å²) in [6.45, 7) is 5.29. The number of nitrogens with zero attached hydrogens (tertiary/aromatic N) is 3. The molecule has 1 aliphatic heterocycles. The fraction of sp³-hybridized carbons (Fsp3) is 0.111. The molecule has 3 nitrogen and oxygen atoms in total. The fourth-order valence-corrected chi connectivity index (χ4v) is 2.11. The molecule has 0 amide bonds. The third kappa shape index (κ3) is 3.14. The van der Waals surface area contributed by atoms with Crippen molar-refractivity contribution in [3.05, 3.63) is 84.8 Å². The molecule has 3 rings (SSSR count). The highest BCUT2D eigenvalue weighted by molar-refractivity contribution is 6.01. The van der Waals surface area contributed by atoms with Gasteiger partial charge in [-0.1, -0.05) is 48.0 Å². The minimum absolute atomic E-state index is 0.863. The van der Waals surface area contributed by atoms with Gasteiger partial charge in [-0.25, -0.2) is 4.99 Å². The number of hydrogen-bond donors (Lipinski definition) is 0. The molecule has 2 radical (unpaired) electrons. The van der Waals surface area contributed by atoms with E-state index in [0.29, 0.717) is 0 Å². The van der Waals surface area contributed by atoms with Crippen LogP contribution in [0.3, 0.4) is 0 Å². The zero-order valence-corrected chi connectivity index (χ0v) is 12.2. The van der Waals surface area contributed by atoms with Gasteiger partial charge in [-0.15, -0.1) is 0 Å². The van der Waals surface area contributed by atoms with Gasteiger partial charge in [0.15, 0.2) is 0 Å². The van der Waals surface area contributed by atoms with Crippen LogP contribution in [0, 0.1) is 13.6 Å². The van der Waals surface area contributed by atoms with E-state index in [-0.39, 0.29) is 0 Å². The Labute approximate surface area is 125 Å². The van der Waals surface area contributed by atoms with Crippen LogP contribution in [0.1, 0.15) is 11.1 Å². The van der Waals surface area contributed by atoms with Crippen molar-refractivity contribution < 1.29 is 0 Å². The normalized spacial score (nSPS) is 14.9. The van der Waals surface area contributed by atoms with E-state index < -0.39 is 0 Å². The van der Waals surface area contributed by atoms with Gasteiger partial charge in [-0.3, -0.25) is 4.90 Å². The number of para-hydroxylation sites is 1. The summed E-state index contributed by atoms with van der Waals surface area (Å²) in [5, 5.41) is 0. The first-order valence-corrected chi connectivity index (χ1v) is 6.90. The zero-order valence-electron chi connectivity index (χ0n) is 12.2. The van der Waals surface area contributed by atoms with Crippen molar-refractivity contribution in [1.29, 1.82) is 0 Å². The van der Waals surface area contributed by atoms with Crippen molar-refractivity contribution in [2.75, 3.05) is 7.05 Å². The van der Waals surface area contributed by atoms with Crippen LogP contribution in [-0.2, 0) is 0 Å². The van der Waals surface area contributed by atoms with Gasteiger partial charge in [-0.05, 0) is 19.1 Å². The third-order valence-corrected chi connectivity index (χ3v) is 3.23. The average molecular weight is 275 g/mol. The Morgan fingerprint density at radius 3 is 2.29 bits per heavy atom. The molecule has 0 aromatic heterocycles. The van der Waals surface area contributed by atoms with Crippen LogP contribution in [0.4, 0.5) is 5.69 Å². The van der Waals surface area contributed by atoms with E-state index in [1.165, 1.54) is 5.56 Å². The van der Waals surface area contributed by atoms with E-state index in [4.69, 9.17) is 4.99 Å². The predicted molar refractivity (Wildman–Crippen MR) is 85.8 cm³/mol. The summed E-state index contributed by atoms with van der Waals surface area (Å²) in [4.78, 5) is 8.58. The molecule has 2 aromatic carbocycles. The smallest absolute Gasteiger partial charge is 0.213 e. The van der Waals surface area contributed by atoms with Crippen LogP contribution in [0.15, 0.2) is 72.0 Å². The topological polar surface area (TPSA) is 18.8 Å². The standard InChI is InChI=1S/C18H17N3/c1-15-8-10-16(11-9-15)18(21-13-12-20(2)14-21)19-17-6-4-3-5-7-17/h3-13H,1-2H3. The SMILES string of the molecule is Cc1ccc(C(=Nc2ccccc2)N2[C]N(C)C=C2)cc1. The number of rotatable bonds is 2. The summed E-state index contributed by atoms with van der Waals surface area (Å²) in [5.41, 5.74) is 3.23. The summed E-state index contributed by atoms with van der Waals surface area (Å²) in [6.07, 6.45) is 3.91. The molecule has 1 aliphatic rings. The Morgan fingerprint density at radius 1 is 0.952 bits per heavy atom. The van der Waals surface area contributed by atoms with Crippen LogP contribution in [-0.4, -0.2) is 22.7 Å². The van der Waals surface area contributed by atoms with E-state index >= 15 is 0 Å². The first-order valence-electron chi connectivity index (χ1n) is 6.90. The number of amidine groups is 1. The molecule has 0 unspecified atom stereocenters. The second-order valence-electron chi connectivity index (χ2n) is 5.02. The summed E-state index contributed by atoms with van der Waals surface area (Å²) < 4.78 is 0. The first-order chi connectivity index (χ1) is 10.2. The molecule has 104 valence electrons. The number of hydrogen-bond acceptors (Lipinski definition) is 2. The molecular weight excluding hydrogens is 258 g/mol. The Kier molecular flexibility index (Phi) is 3.73. The summed E-state index contributed by atoms with van der Waals surface area (Å²) >= 11 is 0. The van der Waals surface area contributed by atoms with Gasteiger partial charge < -0.3 is 4.90 Å². The van der Waals surface area contributed by atoms with Gasteiger partial charge >= 0.3 is 0 Å². The lowest BCUT2D eigenvalue weighted by Crippen LogP contribution is -2.25. The minimum atomic E-state index is 0.863. The quantitative estimate of drug-likeness (QED) is 0.613. The van der Waals surface area contributed by atoms with Crippen molar-refractivity contribution in [3.8, 4) is 0 Å². The molecule has 0 spiro atoms. The first kappa shape index (κ1) is 13.4. The Hall–Kier alpha value is -2.55. The van der Waals surface area contributed by atoms with Crippen molar-refractivity contribution in [3.63, 3.8) is 0 Å². The Morgan fingerprint density at radius 2 is 1.67 bits per heavy atom. The van der Waals surface area contributed by atoms with E-state index in [9.17, 15) is 0 Å². The van der Waals surface area contributed by atoms with Gasteiger partial charge in [0, 0.05) is 25.0 Å². The minimum Gasteiger partial charge on any atom is -0.349 e. The van der Waals surface area contributed by atoms with Crippen molar-refractivity contribution >= 4 is 11.5 Å². The average Bonchev–Trinajstić information content (AvgIpc) is 2.93. The maximum atomic E-state index is 4.78. The number of aryl methyl sites for hydroxylation is 1. The molecule has 2 aromatic rings. The molecule has 3 heteroatoms. The largest absolute Gasteiger partial charge is 0.349 e. The monoisotopic (exact) mass is 275 g/mol. The Balaban J connectivity index is 2.01. The highest BCUT2D eigenvalue weighted by atomic mass is 15.3. The van der Waals surface area contributed by atoms with E-state index in [2.05, 4.69) is 37.9 Å². The maximum Gasteiger partial charge on any atom is 0.213 e. The molecule has 0 saturated heterocycles. The lowest BCUT2D eigenvalue weighted by atomic mass is 10.1. The Bertz CT molecular complexity index is 657. The van der Waals surface area contributed by atoms with Crippen LogP contribution < -0.4 is 0 Å². The molecular formula is C18H17N3. The molecule has 0 saturated carbocycles. The highest BCUT2D eigenvalue weighted by Crippen LogP contribution is 2.20. The lowest BCUT2D eigenvalue weighted by molar-refractivity contribution is 0.483. The fourth-order valence-electron chi connectivity index (χ4n) is 2.11. The van der Waals surface area contributed by atoms with Gasteiger partial charge in [0.1, 0.15) is 5.84 Å².